The number of hydrogen-bond acceptors (Lipinski definition) is 1. The molecule has 14 heavy (non-hydrogen) atoms. The van der Waals surface area contributed by atoms with Crippen molar-refractivity contribution < 1.29 is 0 Å². The van der Waals surface area contributed by atoms with Crippen LogP contribution in [0.3, 0.4) is 0 Å². The van der Waals surface area contributed by atoms with Crippen molar-refractivity contribution in [1.82, 2.24) is 0 Å². The van der Waals surface area contributed by atoms with Crippen molar-refractivity contribution in [2.75, 3.05) is 0 Å². The number of allylic oxidation sites excluding steroid dienone is 11. The van der Waals surface area contributed by atoms with Crippen molar-refractivity contribution >= 4 is 0 Å². The summed E-state index contributed by atoms with van der Waals surface area (Å²) in [5.41, 5.74) is 12.3. The normalized spacial score (nSPS) is 27.9. The monoisotopic (exact) mass is 179 g/mol. The van der Waals surface area contributed by atoms with E-state index >= 15 is 0 Å². The third-order valence-corrected chi connectivity index (χ3v) is 3.64. The first kappa shape index (κ1) is 6.66. The topological polar surface area (TPSA) is 26.0 Å². The summed E-state index contributed by atoms with van der Waals surface area (Å²) in [6, 6.07) is 0. The van der Waals surface area contributed by atoms with Gasteiger partial charge >= 0.3 is 0 Å². The Morgan fingerprint density at radius 3 is 1.93 bits per heavy atom. The summed E-state index contributed by atoms with van der Waals surface area (Å²) in [6.45, 7) is 0. The lowest BCUT2D eigenvalue weighted by Gasteiger charge is -2.25. The Morgan fingerprint density at radius 2 is 1.50 bits per heavy atom. The molecule has 0 saturated carbocycles. The molecule has 0 amide bonds. The minimum Gasteiger partial charge on any atom is -0.398 e. The predicted octanol–water partition coefficient (Wildman–Crippen LogP) is 2.13. The van der Waals surface area contributed by atoms with Crippen molar-refractivity contribution in [2.24, 2.45) is 11.1 Å². The second-order valence-corrected chi connectivity index (χ2v) is 4.13. The van der Waals surface area contributed by atoms with Gasteiger partial charge in [-0.3, -0.25) is 0 Å². The summed E-state index contributed by atoms with van der Waals surface area (Å²) in [5.74, 6) is 0. The van der Waals surface area contributed by atoms with Crippen molar-refractivity contribution in [3.63, 3.8) is 0 Å². The van der Waals surface area contributed by atoms with Gasteiger partial charge in [0.05, 0.1) is 5.41 Å². The van der Waals surface area contributed by atoms with Gasteiger partial charge in [0.25, 0.3) is 0 Å². The van der Waals surface area contributed by atoms with Crippen molar-refractivity contribution in [1.29, 1.82) is 0 Å². The fourth-order valence-electron chi connectivity index (χ4n) is 3.07. The maximum Gasteiger partial charge on any atom is 0.0722 e. The van der Waals surface area contributed by atoms with Crippen LogP contribution in [0.1, 0.15) is 0 Å². The Balaban J connectivity index is 2.12. The molecule has 0 aromatic heterocycles. The zero-order valence-electron chi connectivity index (χ0n) is 7.62. The van der Waals surface area contributed by atoms with Crippen molar-refractivity contribution in [3.05, 3.63) is 70.5 Å². The highest BCUT2D eigenvalue weighted by molar-refractivity contribution is 5.78. The van der Waals surface area contributed by atoms with E-state index in [0.29, 0.717) is 0 Å². The van der Waals surface area contributed by atoms with Crippen LogP contribution in [0.4, 0.5) is 0 Å². The first-order chi connectivity index (χ1) is 6.83. The van der Waals surface area contributed by atoms with Crippen LogP contribution in [0.5, 0.6) is 0 Å². The summed E-state index contributed by atoms with van der Waals surface area (Å²) in [7, 11) is 0. The van der Waals surface area contributed by atoms with Gasteiger partial charge in [-0.25, -0.2) is 0 Å². The average molecular weight is 179 g/mol. The number of rotatable bonds is 0. The van der Waals surface area contributed by atoms with E-state index in [4.69, 9.17) is 5.73 Å². The maximum absolute atomic E-state index is 6.00. The predicted molar refractivity (Wildman–Crippen MR) is 56.2 cm³/mol. The quantitative estimate of drug-likeness (QED) is 0.605. The molecular formula is C13H9N. The Hall–Kier alpha value is -1.76. The van der Waals surface area contributed by atoms with E-state index < -0.39 is 0 Å². The van der Waals surface area contributed by atoms with E-state index in [-0.39, 0.29) is 5.41 Å². The largest absolute Gasteiger partial charge is 0.398 e. The molecule has 1 spiro atoms. The molecule has 0 fully saturated rings. The molecule has 4 bridgehead atoms. The summed E-state index contributed by atoms with van der Waals surface area (Å²) in [6.07, 6.45) is 15.3. The van der Waals surface area contributed by atoms with Gasteiger partial charge in [0.15, 0.2) is 0 Å². The minimum absolute atomic E-state index is 0.0318. The highest BCUT2D eigenvalue weighted by Gasteiger charge is 2.52. The summed E-state index contributed by atoms with van der Waals surface area (Å²) < 4.78 is 0. The molecule has 4 aliphatic carbocycles. The first-order valence-corrected chi connectivity index (χ1v) is 4.85. The third-order valence-electron chi connectivity index (χ3n) is 3.64. The lowest BCUT2D eigenvalue weighted by molar-refractivity contribution is 0.734. The van der Waals surface area contributed by atoms with Gasteiger partial charge in [0, 0.05) is 5.70 Å². The fraction of sp³-hybridized carbons (Fsp3) is 0.0769. The molecule has 0 aromatic carbocycles. The summed E-state index contributed by atoms with van der Waals surface area (Å²) in [4.78, 5) is 0. The molecule has 0 saturated heterocycles. The smallest absolute Gasteiger partial charge is 0.0722 e. The number of nitrogens with two attached hydrogens (primary N) is 1. The molecule has 0 unspecified atom stereocenters. The van der Waals surface area contributed by atoms with E-state index in [1.54, 1.807) is 0 Å². The molecule has 2 N–H and O–H groups in total. The standard InChI is InChI=1S/C13H9N/c14-12-7-10-5-6-11(12)13(10)8-1-2-9(13)4-3-8/h1-7H,14H2. The molecule has 0 radical (unpaired) electrons. The van der Waals surface area contributed by atoms with Crippen molar-refractivity contribution in [3.8, 4) is 0 Å². The van der Waals surface area contributed by atoms with Gasteiger partial charge in [-0.1, -0.05) is 36.5 Å². The molecule has 1 nitrogen and oxygen atoms in total. The molecule has 66 valence electrons. The van der Waals surface area contributed by atoms with Gasteiger partial charge in [-0.2, -0.15) is 0 Å². The minimum atomic E-state index is 0.0318. The van der Waals surface area contributed by atoms with Gasteiger partial charge in [0.2, 0.25) is 0 Å². The lowest BCUT2D eigenvalue weighted by atomic mass is 9.75. The van der Waals surface area contributed by atoms with E-state index in [1.807, 2.05) is 0 Å². The zero-order valence-corrected chi connectivity index (χ0v) is 7.62. The van der Waals surface area contributed by atoms with Crippen LogP contribution in [0.2, 0.25) is 0 Å². The van der Waals surface area contributed by atoms with Crippen LogP contribution in [0.25, 0.3) is 0 Å². The average Bonchev–Trinajstić information content (AvgIpc) is 2.90. The van der Waals surface area contributed by atoms with Crippen LogP contribution in [-0.2, 0) is 0 Å². The summed E-state index contributed by atoms with van der Waals surface area (Å²) in [5, 5.41) is 0. The molecule has 4 rings (SSSR count). The molecule has 0 aliphatic heterocycles. The summed E-state index contributed by atoms with van der Waals surface area (Å²) >= 11 is 0. The fourth-order valence-corrected chi connectivity index (χ4v) is 3.07. The first-order valence-electron chi connectivity index (χ1n) is 4.85. The Bertz CT molecular complexity index is 526. The van der Waals surface area contributed by atoms with Crippen LogP contribution < -0.4 is 5.73 Å². The van der Waals surface area contributed by atoms with Crippen LogP contribution in [-0.4, -0.2) is 0 Å². The second kappa shape index (κ2) is 1.71. The van der Waals surface area contributed by atoms with E-state index in [9.17, 15) is 0 Å². The molecular weight excluding hydrogens is 170 g/mol. The van der Waals surface area contributed by atoms with Gasteiger partial charge in [-0.15, -0.1) is 0 Å². The van der Waals surface area contributed by atoms with Crippen LogP contribution >= 0.6 is 0 Å². The Labute approximate surface area is 82.3 Å². The maximum atomic E-state index is 6.00. The van der Waals surface area contributed by atoms with E-state index in [2.05, 4.69) is 42.5 Å². The van der Waals surface area contributed by atoms with Gasteiger partial charge < -0.3 is 5.73 Å². The Kier molecular flexibility index (Phi) is 0.814. The highest BCUT2D eigenvalue weighted by Crippen LogP contribution is 2.62. The third kappa shape index (κ3) is 0.427. The molecule has 1 heteroatoms. The molecule has 0 aromatic rings. The molecule has 4 aliphatic rings. The number of hydrogen-bond donors (Lipinski definition) is 1. The molecule has 0 atom stereocenters. The lowest BCUT2D eigenvalue weighted by Crippen LogP contribution is -2.18. The van der Waals surface area contributed by atoms with E-state index in [1.165, 1.54) is 22.3 Å². The van der Waals surface area contributed by atoms with Crippen LogP contribution in [0, 0.1) is 5.41 Å². The van der Waals surface area contributed by atoms with Crippen molar-refractivity contribution in [2.45, 2.75) is 0 Å². The van der Waals surface area contributed by atoms with Crippen LogP contribution in [0.15, 0.2) is 70.5 Å². The van der Waals surface area contributed by atoms with Gasteiger partial charge in [-0.05, 0) is 28.4 Å². The zero-order chi connectivity index (χ0) is 9.34. The second-order valence-electron chi connectivity index (χ2n) is 4.13. The Morgan fingerprint density at radius 1 is 0.857 bits per heavy atom. The SMILES string of the molecule is NC1=C2C=CC(=C1)C21C2=CC=C1C=C2. The highest BCUT2D eigenvalue weighted by atomic mass is 14.7. The van der Waals surface area contributed by atoms with E-state index in [0.717, 1.165) is 5.70 Å². The molecule has 0 heterocycles. The van der Waals surface area contributed by atoms with Gasteiger partial charge in [0.1, 0.15) is 0 Å².